The average molecular weight is 478 g/mol. The number of hydrogen-bond donors (Lipinski definition) is 4. The maximum atomic E-state index is 12.1. The molecule has 6 N–H and O–H groups in total. The van der Waals surface area contributed by atoms with E-state index >= 15 is 0 Å². The van der Waals surface area contributed by atoms with E-state index in [9.17, 15) is 14.7 Å². The first kappa shape index (κ1) is 22.4. The number of fused-ring (bicyclic) bond motifs is 1. The minimum absolute atomic E-state index is 0.00846. The molecule has 0 aliphatic heterocycles. The number of benzene rings is 3. The molecule has 10 heteroatoms. The van der Waals surface area contributed by atoms with Crippen molar-refractivity contribution in [1.82, 2.24) is 9.97 Å². The fraction of sp³-hybridized carbons (Fsp3) is 0. The van der Waals surface area contributed by atoms with Crippen LogP contribution >= 0.6 is 34.8 Å². The van der Waals surface area contributed by atoms with E-state index in [2.05, 4.69) is 9.97 Å². The third-order valence-corrected chi connectivity index (χ3v) is 4.87. The van der Waals surface area contributed by atoms with Crippen LogP contribution in [-0.2, 0) is 0 Å². The molecule has 0 saturated carbocycles. The highest BCUT2D eigenvalue weighted by atomic mass is 35.5. The largest absolute Gasteiger partial charge is 0.507 e. The zero-order valence-electron chi connectivity index (χ0n) is 15.7. The molecule has 0 fully saturated rings. The monoisotopic (exact) mass is 476 g/mol. The van der Waals surface area contributed by atoms with E-state index in [0.29, 0.717) is 37.2 Å². The van der Waals surface area contributed by atoms with E-state index in [-0.39, 0.29) is 22.7 Å². The highest BCUT2D eigenvalue weighted by molar-refractivity contribution is 6.31. The molecule has 7 nitrogen and oxygen atoms in total. The van der Waals surface area contributed by atoms with Gasteiger partial charge in [0.25, 0.3) is 11.5 Å². The van der Waals surface area contributed by atoms with Gasteiger partial charge in [-0.15, -0.1) is 0 Å². The van der Waals surface area contributed by atoms with E-state index in [4.69, 9.17) is 46.3 Å². The van der Waals surface area contributed by atoms with Gasteiger partial charge in [-0.25, -0.2) is 4.98 Å². The summed E-state index contributed by atoms with van der Waals surface area (Å²) < 4.78 is 0. The summed E-state index contributed by atoms with van der Waals surface area (Å²) in [7, 11) is 0. The molecule has 4 rings (SSSR count). The molecule has 31 heavy (non-hydrogen) atoms. The number of nitrogens with one attached hydrogen (secondary N) is 1. The van der Waals surface area contributed by atoms with E-state index < -0.39 is 5.91 Å². The molecular formula is C21H15Cl3N4O3. The first-order valence-corrected chi connectivity index (χ1v) is 9.82. The van der Waals surface area contributed by atoms with Crippen LogP contribution in [0.3, 0.4) is 0 Å². The fourth-order valence-corrected chi connectivity index (χ4v) is 3.19. The van der Waals surface area contributed by atoms with Gasteiger partial charge in [0.15, 0.2) is 0 Å². The number of H-pyrrole nitrogens is 1. The smallest absolute Gasteiger partial charge is 0.259 e. The Bertz CT molecular complexity index is 1360. The summed E-state index contributed by atoms with van der Waals surface area (Å²) in [5.41, 5.74) is 11.6. The van der Waals surface area contributed by atoms with Crippen molar-refractivity contribution in [2.45, 2.75) is 0 Å². The number of nitrogens with two attached hydrogens (primary N) is 2. The number of amides is 1. The van der Waals surface area contributed by atoms with Gasteiger partial charge in [-0.3, -0.25) is 9.59 Å². The molecular weight excluding hydrogens is 463 g/mol. The third-order valence-electron chi connectivity index (χ3n) is 4.16. The van der Waals surface area contributed by atoms with Crippen LogP contribution in [0.2, 0.25) is 15.1 Å². The van der Waals surface area contributed by atoms with Crippen LogP contribution in [0, 0.1) is 0 Å². The molecule has 0 spiro atoms. The maximum absolute atomic E-state index is 12.1. The Kier molecular flexibility index (Phi) is 6.70. The second-order valence-corrected chi connectivity index (χ2v) is 7.64. The van der Waals surface area contributed by atoms with Crippen LogP contribution in [0.4, 0.5) is 5.69 Å². The van der Waals surface area contributed by atoms with Crippen molar-refractivity contribution in [1.29, 1.82) is 0 Å². The van der Waals surface area contributed by atoms with Gasteiger partial charge >= 0.3 is 0 Å². The van der Waals surface area contributed by atoms with Gasteiger partial charge in [0.2, 0.25) is 0 Å². The van der Waals surface area contributed by atoms with Crippen molar-refractivity contribution < 1.29 is 9.90 Å². The molecule has 0 unspecified atom stereocenters. The lowest BCUT2D eigenvalue weighted by Gasteiger charge is -2.06. The molecule has 3 aromatic carbocycles. The number of rotatable bonds is 2. The zero-order chi connectivity index (χ0) is 22.7. The molecule has 4 aromatic rings. The number of phenolic OH excluding ortho intramolecular Hbond substituents is 1. The third kappa shape index (κ3) is 5.27. The average Bonchev–Trinajstić information content (AvgIpc) is 2.72. The number of carbonyl (C=O) groups excluding carboxylic acids is 1. The summed E-state index contributed by atoms with van der Waals surface area (Å²) in [4.78, 5) is 29.6. The normalized spacial score (nSPS) is 10.4. The van der Waals surface area contributed by atoms with E-state index in [1.165, 1.54) is 18.2 Å². The Hall–Kier alpha value is -3.26. The number of nitrogens with zero attached hydrogens (tertiary/aromatic N) is 1. The van der Waals surface area contributed by atoms with Crippen LogP contribution in [0.15, 0.2) is 59.4 Å². The number of anilines is 1. The van der Waals surface area contributed by atoms with Crippen molar-refractivity contribution in [2.75, 3.05) is 5.73 Å². The molecule has 1 heterocycles. The van der Waals surface area contributed by atoms with Crippen LogP contribution < -0.4 is 17.0 Å². The molecule has 0 saturated heterocycles. The molecule has 0 radical (unpaired) electrons. The van der Waals surface area contributed by atoms with E-state index in [1.54, 1.807) is 36.4 Å². The van der Waals surface area contributed by atoms with Gasteiger partial charge in [-0.2, -0.15) is 0 Å². The minimum Gasteiger partial charge on any atom is -0.507 e. The van der Waals surface area contributed by atoms with Gasteiger partial charge in [0.05, 0.1) is 22.0 Å². The summed E-state index contributed by atoms with van der Waals surface area (Å²) >= 11 is 17.4. The lowest BCUT2D eigenvalue weighted by atomic mass is 10.1. The SMILES string of the molecule is NC(=O)c1cc(Cl)ccc1N.O=c1[nH]c(-c2cc(Cl)ccc2O)nc2ccc(Cl)cc12. The lowest BCUT2D eigenvalue weighted by Crippen LogP contribution is -2.13. The number of primary amides is 1. The number of hydrogen-bond acceptors (Lipinski definition) is 5. The predicted octanol–water partition coefficient (Wildman–Crippen LogP) is 4.62. The number of phenols is 1. The van der Waals surface area contributed by atoms with Crippen molar-refractivity contribution >= 4 is 57.3 Å². The number of halogens is 3. The number of carbonyl (C=O) groups is 1. The van der Waals surface area contributed by atoms with Gasteiger partial charge in [-0.1, -0.05) is 34.8 Å². The van der Waals surface area contributed by atoms with Crippen LogP contribution in [-0.4, -0.2) is 21.0 Å². The lowest BCUT2D eigenvalue weighted by molar-refractivity contribution is 0.100. The Balaban J connectivity index is 0.000000210. The van der Waals surface area contributed by atoms with Crippen LogP contribution in [0.25, 0.3) is 22.3 Å². The summed E-state index contributed by atoms with van der Waals surface area (Å²) in [6, 6.07) is 14.0. The van der Waals surface area contributed by atoms with E-state index in [0.717, 1.165) is 0 Å². The molecule has 0 aliphatic rings. The van der Waals surface area contributed by atoms with Crippen LogP contribution in [0.1, 0.15) is 10.4 Å². The maximum Gasteiger partial charge on any atom is 0.259 e. The quantitative estimate of drug-likeness (QED) is 0.312. The highest BCUT2D eigenvalue weighted by Gasteiger charge is 2.11. The summed E-state index contributed by atoms with van der Waals surface area (Å²) in [6.45, 7) is 0. The topological polar surface area (TPSA) is 135 Å². The molecule has 0 atom stereocenters. The van der Waals surface area contributed by atoms with Crippen molar-refractivity contribution in [2.24, 2.45) is 5.73 Å². The van der Waals surface area contributed by atoms with Crippen molar-refractivity contribution in [3.63, 3.8) is 0 Å². The first-order chi connectivity index (χ1) is 14.7. The minimum atomic E-state index is -0.565. The molecule has 158 valence electrons. The Morgan fingerprint density at radius 2 is 1.55 bits per heavy atom. The fourth-order valence-electron chi connectivity index (χ4n) is 2.68. The van der Waals surface area contributed by atoms with Gasteiger partial charge in [0.1, 0.15) is 11.6 Å². The standard InChI is InChI=1S/C14H8Cl2N2O2.C7H7ClN2O/c15-7-1-3-11-9(5-7)14(20)18-13(17-11)10-6-8(16)2-4-12(10)19;8-4-1-2-6(9)5(3-4)7(10)11/h1-6,19H,(H,17,18,20);1-3H,9H2,(H2,10,11). The van der Waals surface area contributed by atoms with E-state index in [1.807, 2.05) is 0 Å². The number of aromatic hydroxyl groups is 1. The predicted molar refractivity (Wildman–Crippen MR) is 124 cm³/mol. The number of aromatic amines is 1. The second kappa shape index (κ2) is 9.26. The van der Waals surface area contributed by atoms with Crippen molar-refractivity contribution in [3.05, 3.63) is 85.6 Å². The summed E-state index contributed by atoms with van der Waals surface area (Å²) in [6.07, 6.45) is 0. The summed E-state index contributed by atoms with van der Waals surface area (Å²) in [5, 5.41) is 11.6. The Morgan fingerprint density at radius 1 is 0.935 bits per heavy atom. The van der Waals surface area contributed by atoms with Gasteiger partial charge in [0, 0.05) is 20.8 Å². The highest BCUT2D eigenvalue weighted by Crippen LogP contribution is 2.29. The molecule has 0 aliphatic carbocycles. The molecule has 1 amide bonds. The Morgan fingerprint density at radius 3 is 2.23 bits per heavy atom. The molecule has 0 bridgehead atoms. The Labute approximate surface area is 191 Å². The zero-order valence-corrected chi connectivity index (χ0v) is 18.0. The second-order valence-electron chi connectivity index (χ2n) is 6.33. The first-order valence-electron chi connectivity index (χ1n) is 8.69. The number of aromatic nitrogens is 2. The summed E-state index contributed by atoms with van der Waals surface area (Å²) in [5.74, 6) is -0.319. The van der Waals surface area contributed by atoms with Gasteiger partial charge in [-0.05, 0) is 54.6 Å². The van der Waals surface area contributed by atoms with Gasteiger partial charge < -0.3 is 21.6 Å². The number of nitrogen functional groups attached to an aromatic ring is 1. The van der Waals surface area contributed by atoms with Crippen LogP contribution in [0.5, 0.6) is 5.75 Å². The molecule has 1 aromatic heterocycles. The van der Waals surface area contributed by atoms with Crippen molar-refractivity contribution in [3.8, 4) is 17.1 Å².